The minimum absolute atomic E-state index is 0.560. The summed E-state index contributed by atoms with van der Waals surface area (Å²) >= 11 is 0. The van der Waals surface area contributed by atoms with Crippen LogP contribution >= 0.6 is 0 Å². The van der Waals surface area contributed by atoms with Crippen LogP contribution in [0.15, 0.2) is 0 Å². The van der Waals surface area contributed by atoms with Crippen molar-refractivity contribution in [2.75, 3.05) is 0 Å². The minimum Gasteiger partial charge on any atom is -0.0596 e. The molecule has 0 aromatic carbocycles. The predicted molar refractivity (Wildman–Crippen MR) is 67.1 cm³/mol. The van der Waals surface area contributed by atoms with E-state index in [0.29, 0.717) is 5.41 Å². The van der Waals surface area contributed by atoms with E-state index in [9.17, 15) is 0 Å². The van der Waals surface area contributed by atoms with Crippen LogP contribution in [0.4, 0.5) is 0 Å². The third kappa shape index (κ3) is 0.842. The fourth-order valence-electron chi connectivity index (χ4n) is 6.82. The number of hydrogen-bond acceptors (Lipinski definition) is 0. The second-order valence-corrected chi connectivity index (χ2v) is 8.55. The highest BCUT2D eigenvalue weighted by molar-refractivity contribution is 5.24. The van der Waals surface area contributed by atoms with Gasteiger partial charge in [0.15, 0.2) is 0 Å². The van der Waals surface area contributed by atoms with Crippen LogP contribution in [-0.4, -0.2) is 0 Å². The zero-order valence-corrected chi connectivity index (χ0v) is 11.2. The summed E-state index contributed by atoms with van der Waals surface area (Å²) in [6.45, 7) is 7.59. The molecule has 0 nitrogen and oxygen atoms in total. The molecule has 0 saturated heterocycles. The quantitative estimate of drug-likeness (QED) is 0.555. The van der Waals surface area contributed by atoms with Crippen LogP contribution in [0.3, 0.4) is 0 Å². The Morgan fingerprint density at radius 2 is 1.56 bits per heavy atom. The SMILES string of the molecule is CC(C)(C)C12CC3CCC4CC(C1)C2(C4)C3. The fourth-order valence-corrected chi connectivity index (χ4v) is 6.82. The predicted octanol–water partition coefficient (Wildman–Crippen LogP) is 4.64. The molecule has 1 spiro atoms. The average molecular weight is 218 g/mol. The molecule has 0 heteroatoms. The van der Waals surface area contributed by atoms with Crippen LogP contribution in [0.5, 0.6) is 0 Å². The second kappa shape index (κ2) is 2.54. The third-order valence-electron chi connectivity index (χ3n) is 7.31. The Labute approximate surface area is 100 Å². The van der Waals surface area contributed by atoms with Gasteiger partial charge in [-0.1, -0.05) is 33.6 Å². The standard InChI is InChI=1S/C16H26/c1-14(2,3)16-9-12-5-4-11-6-13(10-16)15(16,7-11)8-12/h11-13H,4-10H2,1-3H3. The Kier molecular flexibility index (Phi) is 1.59. The van der Waals surface area contributed by atoms with Crippen LogP contribution in [0.25, 0.3) is 0 Å². The van der Waals surface area contributed by atoms with Crippen molar-refractivity contribution in [3.05, 3.63) is 0 Å². The number of hydrogen-bond donors (Lipinski definition) is 0. The van der Waals surface area contributed by atoms with Gasteiger partial charge in [-0.2, -0.15) is 0 Å². The molecule has 0 N–H and O–H groups in total. The van der Waals surface area contributed by atoms with Gasteiger partial charge in [-0.15, -0.1) is 0 Å². The first-order valence-electron chi connectivity index (χ1n) is 7.47. The van der Waals surface area contributed by atoms with Crippen molar-refractivity contribution in [2.24, 2.45) is 34.0 Å². The minimum atomic E-state index is 0.560. The van der Waals surface area contributed by atoms with Gasteiger partial charge in [0.25, 0.3) is 0 Å². The molecule has 4 saturated carbocycles. The van der Waals surface area contributed by atoms with E-state index in [1.807, 2.05) is 0 Å². The van der Waals surface area contributed by atoms with Crippen molar-refractivity contribution in [3.8, 4) is 0 Å². The van der Waals surface area contributed by atoms with E-state index in [1.165, 1.54) is 0 Å². The van der Waals surface area contributed by atoms with Crippen molar-refractivity contribution in [2.45, 2.75) is 65.7 Å². The summed E-state index contributed by atoms with van der Waals surface area (Å²) in [6.07, 6.45) is 11.1. The lowest BCUT2D eigenvalue weighted by Gasteiger charge is -2.65. The monoisotopic (exact) mass is 218 g/mol. The molecular weight excluding hydrogens is 192 g/mol. The third-order valence-corrected chi connectivity index (χ3v) is 7.31. The first-order valence-corrected chi connectivity index (χ1v) is 7.47. The van der Waals surface area contributed by atoms with E-state index in [-0.39, 0.29) is 0 Å². The summed E-state index contributed by atoms with van der Waals surface area (Å²) in [5.74, 6) is 3.37. The van der Waals surface area contributed by atoms with Gasteiger partial charge >= 0.3 is 0 Å². The molecule has 3 bridgehead atoms. The van der Waals surface area contributed by atoms with Gasteiger partial charge in [-0.05, 0) is 66.1 Å². The Balaban J connectivity index is 1.83. The summed E-state index contributed by atoms with van der Waals surface area (Å²) in [5, 5.41) is 0. The van der Waals surface area contributed by atoms with E-state index in [0.717, 1.165) is 28.6 Å². The number of rotatable bonds is 0. The van der Waals surface area contributed by atoms with E-state index in [2.05, 4.69) is 20.8 Å². The molecule has 5 atom stereocenters. The van der Waals surface area contributed by atoms with Crippen molar-refractivity contribution >= 4 is 0 Å². The van der Waals surface area contributed by atoms with Crippen LogP contribution in [-0.2, 0) is 0 Å². The maximum absolute atomic E-state index is 2.53. The topological polar surface area (TPSA) is 0 Å². The molecule has 5 unspecified atom stereocenters. The van der Waals surface area contributed by atoms with Crippen molar-refractivity contribution in [1.82, 2.24) is 0 Å². The van der Waals surface area contributed by atoms with Crippen LogP contribution < -0.4 is 0 Å². The normalized spacial score (nSPS) is 58.3. The van der Waals surface area contributed by atoms with Crippen LogP contribution in [0.1, 0.15) is 65.7 Å². The smallest absolute Gasteiger partial charge is 0.0184 e. The molecule has 0 heterocycles. The van der Waals surface area contributed by atoms with Crippen LogP contribution in [0, 0.1) is 34.0 Å². The van der Waals surface area contributed by atoms with E-state index < -0.39 is 0 Å². The van der Waals surface area contributed by atoms with Gasteiger partial charge < -0.3 is 0 Å². The first kappa shape index (κ1) is 9.97. The fraction of sp³-hybridized carbons (Fsp3) is 1.00. The lowest BCUT2D eigenvalue weighted by molar-refractivity contribution is -0.168. The highest BCUT2D eigenvalue weighted by atomic mass is 14.8. The van der Waals surface area contributed by atoms with Gasteiger partial charge in [0, 0.05) is 0 Å². The molecule has 0 aliphatic heterocycles. The maximum atomic E-state index is 2.53. The van der Waals surface area contributed by atoms with Gasteiger partial charge in [0.1, 0.15) is 0 Å². The lowest BCUT2D eigenvalue weighted by Crippen LogP contribution is -2.58. The van der Waals surface area contributed by atoms with Gasteiger partial charge in [0.2, 0.25) is 0 Å². The van der Waals surface area contributed by atoms with Crippen molar-refractivity contribution < 1.29 is 0 Å². The lowest BCUT2D eigenvalue weighted by atomic mass is 9.39. The van der Waals surface area contributed by atoms with Crippen LogP contribution in [0.2, 0.25) is 0 Å². The summed E-state index contributed by atoms with van der Waals surface area (Å²) < 4.78 is 0. The molecule has 16 heavy (non-hydrogen) atoms. The second-order valence-electron chi connectivity index (χ2n) is 8.55. The molecule has 0 aromatic rings. The molecular formula is C16H26. The first-order chi connectivity index (χ1) is 7.47. The highest BCUT2D eigenvalue weighted by Gasteiger charge is 2.75. The van der Waals surface area contributed by atoms with E-state index >= 15 is 0 Å². The van der Waals surface area contributed by atoms with E-state index in [4.69, 9.17) is 0 Å². The summed E-state index contributed by atoms with van der Waals surface area (Å²) in [5.41, 5.74) is 2.14. The molecule has 4 aliphatic rings. The Morgan fingerprint density at radius 1 is 0.875 bits per heavy atom. The summed E-state index contributed by atoms with van der Waals surface area (Å²) in [6, 6.07) is 0. The van der Waals surface area contributed by atoms with E-state index in [1.54, 1.807) is 44.9 Å². The molecule has 4 aliphatic carbocycles. The Bertz CT molecular complexity index is 332. The summed E-state index contributed by atoms with van der Waals surface area (Å²) in [4.78, 5) is 0. The largest absolute Gasteiger partial charge is 0.0596 e. The Morgan fingerprint density at radius 3 is 2.31 bits per heavy atom. The zero-order valence-electron chi connectivity index (χ0n) is 11.2. The molecule has 0 aromatic heterocycles. The average Bonchev–Trinajstić information content (AvgIpc) is 2.52. The number of fused-ring (bicyclic) bond motifs is 2. The molecule has 0 radical (unpaired) electrons. The highest BCUT2D eigenvalue weighted by Crippen LogP contribution is 2.83. The Hall–Kier alpha value is 0. The van der Waals surface area contributed by atoms with Crippen molar-refractivity contribution in [3.63, 3.8) is 0 Å². The van der Waals surface area contributed by atoms with Gasteiger partial charge in [-0.25, -0.2) is 0 Å². The molecule has 4 fully saturated rings. The maximum Gasteiger partial charge on any atom is -0.0184 e. The zero-order chi connectivity index (χ0) is 11.2. The molecule has 90 valence electrons. The van der Waals surface area contributed by atoms with Crippen molar-refractivity contribution in [1.29, 1.82) is 0 Å². The molecule has 4 rings (SSSR count). The summed E-state index contributed by atoms with van der Waals surface area (Å²) in [7, 11) is 0. The molecule has 0 amide bonds. The van der Waals surface area contributed by atoms with Gasteiger partial charge in [0.05, 0.1) is 0 Å². The van der Waals surface area contributed by atoms with Gasteiger partial charge in [-0.3, -0.25) is 0 Å².